The second kappa shape index (κ2) is 20.7. The van der Waals surface area contributed by atoms with E-state index in [0.717, 1.165) is 106 Å². The summed E-state index contributed by atoms with van der Waals surface area (Å²) in [5, 5.41) is 16.7. The molecule has 15 rings (SSSR count). The summed E-state index contributed by atoms with van der Waals surface area (Å²) in [7, 11) is 0. The van der Waals surface area contributed by atoms with Gasteiger partial charge in [0.1, 0.15) is 11.4 Å². The molecule has 0 spiro atoms. The molecule has 0 atom stereocenters. The maximum atomic E-state index is 8.60. The highest BCUT2D eigenvalue weighted by molar-refractivity contribution is 6.12. The first-order chi connectivity index (χ1) is 41.1. The van der Waals surface area contributed by atoms with E-state index < -0.39 is 0 Å². The highest BCUT2D eigenvalue weighted by Crippen LogP contribution is 2.40. The van der Waals surface area contributed by atoms with Crippen LogP contribution in [-0.2, 0) is 0 Å². The fourth-order valence-electron chi connectivity index (χ4n) is 11.6. The highest BCUT2D eigenvalue weighted by atomic mass is 15.2. The lowest BCUT2D eigenvalue weighted by molar-refractivity contribution is 0.988. The predicted molar refractivity (Wildman–Crippen MR) is 342 cm³/mol. The van der Waals surface area contributed by atoms with E-state index in [-0.39, 0.29) is 0 Å². The average Bonchev–Trinajstić information content (AvgIpc) is 4.18. The van der Waals surface area contributed by atoms with Crippen molar-refractivity contribution in [3.63, 3.8) is 0 Å². The maximum Gasteiger partial charge on any atom is 0.235 e. The molecular weight excluding hydrogens is 1010 g/mol. The number of rotatable bonds is 12. The lowest BCUT2D eigenvalue weighted by Gasteiger charge is -2.16. The SMILES string of the molecule is N=Cc1nc(-n2c3ccccc3c3cc(-c4cccc(-c5ccc6c(c5)c5ccccc5n6-c5ccc(-c6cc(-c7ccc(-c8ccccc8)cc7)nc(-c7ccccc7)n6)cc5)c4)ccc32)nc(-c2ccccc2)c1Nc1ccccc1. The topological polar surface area (TPSA) is 97.3 Å². The van der Waals surface area contributed by atoms with Gasteiger partial charge in [0.2, 0.25) is 5.95 Å². The molecule has 0 aliphatic rings. The third kappa shape index (κ3) is 8.97. The van der Waals surface area contributed by atoms with Crippen molar-refractivity contribution < 1.29 is 0 Å². The molecule has 11 aromatic carbocycles. The van der Waals surface area contributed by atoms with Gasteiger partial charge in [-0.15, -0.1) is 0 Å². The van der Waals surface area contributed by atoms with E-state index in [1.807, 2.05) is 84.9 Å². The minimum atomic E-state index is 0.489. The van der Waals surface area contributed by atoms with Crippen LogP contribution in [0.4, 0.5) is 11.4 Å². The minimum Gasteiger partial charge on any atom is -0.352 e. The minimum absolute atomic E-state index is 0.489. The van der Waals surface area contributed by atoms with Crippen LogP contribution in [0.1, 0.15) is 5.69 Å². The second-order valence-corrected chi connectivity index (χ2v) is 20.7. The second-order valence-electron chi connectivity index (χ2n) is 20.7. The number of hydrogen-bond donors (Lipinski definition) is 2. The van der Waals surface area contributed by atoms with Crippen molar-refractivity contribution in [2.75, 3.05) is 5.32 Å². The van der Waals surface area contributed by atoms with Gasteiger partial charge in [-0.25, -0.2) is 19.9 Å². The van der Waals surface area contributed by atoms with E-state index in [9.17, 15) is 0 Å². The van der Waals surface area contributed by atoms with Crippen LogP contribution in [0.3, 0.4) is 0 Å². The smallest absolute Gasteiger partial charge is 0.235 e. The van der Waals surface area contributed by atoms with Crippen molar-refractivity contribution in [3.8, 4) is 90.2 Å². The Morgan fingerprint density at radius 2 is 0.747 bits per heavy atom. The summed E-state index contributed by atoms with van der Waals surface area (Å²) in [6, 6.07) is 99.7. The van der Waals surface area contributed by atoms with Crippen LogP contribution in [0.2, 0.25) is 0 Å². The summed E-state index contributed by atoms with van der Waals surface area (Å²) in [4.78, 5) is 20.7. The normalized spacial score (nSPS) is 11.4. The fraction of sp³-hybridized carbons (Fsp3) is 0. The number of benzene rings is 11. The van der Waals surface area contributed by atoms with Gasteiger partial charge in [-0.3, -0.25) is 4.57 Å². The Bertz CT molecular complexity index is 4920. The first-order valence-corrected chi connectivity index (χ1v) is 27.8. The van der Waals surface area contributed by atoms with E-state index in [0.29, 0.717) is 28.8 Å². The lowest BCUT2D eigenvalue weighted by Crippen LogP contribution is -2.09. The Labute approximate surface area is 479 Å². The molecule has 83 heavy (non-hydrogen) atoms. The average molecular weight is 1060 g/mol. The zero-order chi connectivity index (χ0) is 55.2. The monoisotopic (exact) mass is 1060 g/mol. The fourth-order valence-corrected chi connectivity index (χ4v) is 11.6. The van der Waals surface area contributed by atoms with E-state index in [2.05, 4.69) is 215 Å². The van der Waals surface area contributed by atoms with Gasteiger partial charge in [0.25, 0.3) is 0 Å². The van der Waals surface area contributed by atoms with Crippen LogP contribution < -0.4 is 5.32 Å². The molecule has 0 saturated carbocycles. The number of aromatic nitrogens is 6. The molecule has 0 bridgehead atoms. The molecule has 0 aliphatic carbocycles. The highest BCUT2D eigenvalue weighted by Gasteiger charge is 2.22. The Morgan fingerprint density at radius 1 is 0.313 bits per heavy atom. The molecule has 8 heteroatoms. The summed E-state index contributed by atoms with van der Waals surface area (Å²) in [6.45, 7) is 0. The van der Waals surface area contributed by atoms with Gasteiger partial charge < -0.3 is 15.3 Å². The van der Waals surface area contributed by atoms with Crippen molar-refractivity contribution >= 4 is 61.2 Å². The van der Waals surface area contributed by atoms with Crippen molar-refractivity contribution in [3.05, 3.63) is 291 Å². The predicted octanol–water partition coefficient (Wildman–Crippen LogP) is 18.9. The van der Waals surface area contributed by atoms with Gasteiger partial charge in [0.15, 0.2) is 5.82 Å². The Morgan fingerprint density at radius 3 is 1.34 bits per heavy atom. The Kier molecular flexibility index (Phi) is 12.2. The summed E-state index contributed by atoms with van der Waals surface area (Å²) < 4.78 is 4.49. The molecule has 8 nitrogen and oxygen atoms in total. The number of para-hydroxylation sites is 3. The number of anilines is 2. The molecule has 0 unspecified atom stereocenters. The van der Waals surface area contributed by atoms with Crippen LogP contribution in [0.15, 0.2) is 285 Å². The molecule has 0 radical (unpaired) electrons. The number of hydrogen-bond acceptors (Lipinski definition) is 6. The molecule has 0 fully saturated rings. The third-order valence-corrected chi connectivity index (χ3v) is 15.7. The van der Waals surface area contributed by atoms with Crippen molar-refractivity contribution in [2.24, 2.45) is 0 Å². The Hall–Kier alpha value is -11.4. The van der Waals surface area contributed by atoms with Crippen LogP contribution in [-0.4, -0.2) is 35.3 Å². The first-order valence-electron chi connectivity index (χ1n) is 27.8. The van der Waals surface area contributed by atoms with Crippen LogP contribution in [0, 0.1) is 5.41 Å². The van der Waals surface area contributed by atoms with E-state index in [1.54, 1.807) is 0 Å². The van der Waals surface area contributed by atoms with Gasteiger partial charge in [-0.05, 0) is 106 Å². The first kappa shape index (κ1) is 48.8. The van der Waals surface area contributed by atoms with Crippen molar-refractivity contribution in [1.82, 2.24) is 29.1 Å². The zero-order valence-electron chi connectivity index (χ0n) is 44.9. The van der Waals surface area contributed by atoms with E-state index in [1.165, 1.54) is 22.6 Å². The van der Waals surface area contributed by atoms with Gasteiger partial charge >= 0.3 is 0 Å². The van der Waals surface area contributed by atoms with Crippen molar-refractivity contribution in [2.45, 2.75) is 0 Å². The number of fused-ring (bicyclic) bond motifs is 6. The zero-order valence-corrected chi connectivity index (χ0v) is 44.9. The molecular formula is C75H50N8. The lowest BCUT2D eigenvalue weighted by atomic mass is 9.97. The van der Waals surface area contributed by atoms with Crippen LogP contribution >= 0.6 is 0 Å². The standard InChI is InChI=1S/C75H50N8/c76-48-67-73(77-59-26-11-4-12-27-59)72(53-20-7-2-8-21-53)81-75(80-67)83-69-31-16-14-29-62(69)64-46-58(39-43-71(64)83)56-25-17-24-55(44-56)57-38-42-70-63(45-57)61-28-13-15-30-68(61)82(70)60-40-36-52(37-41-60)66-47-65(78-74(79-66)54-22-9-3-10-23-54)51-34-32-50(33-35-51)49-18-5-1-6-19-49/h1-48,76-77H. The molecule has 15 aromatic rings. The largest absolute Gasteiger partial charge is 0.352 e. The van der Waals surface area contributed by atoms with Gasteiger partial charge in [-0.2, -0.15) is 0 Å². The summed E-state index contributed by atoms with van der Waals surface area (Å²) >= 11 is 0. The van der Waals surface area contributed by atoms with Gasteiger partial charge in [0.05, 0.1) is 39.1 Å². The third-order valence-electron chi connectivity index (χ3n) is 15.7. The van der Waals surface area contributed by atoms with Gasteiger partial charge in [0, 0.05) is 61.4 Å². The van der Waals surface area contributed by atoms with E-state index in [4.69, 9.17) is 25.3 Å². The summed E-state index contributed by atoms with van der Waals surface area (Å²) in [6.07, 6.45) is 1.31. The quantitative estimate of drug-likeness (QED) is 0.119. The molecule has 0 saturated heterocycles. The number of nitrogens with zero attached hydrogens (tertiary/aromatic N) is 6. The molecule has 4 heterocycles. The summed E-state index contributed by atoms with van der Waals surface area (Å²) in [5.41, 5.74) is 20.5. The molecule has 390 valence electrons. The maximum absolute atomic E-state index is 8.60. The molecule has 4 aromatic heterocycles. The van der Waals surface area contributed by atoms with Crippen molar-refractivity contribution in [1.29, 1.82) is 5.41 Å². The molecule has 0 amide bonds. The van der Waals surface area contributed by atoms with E-state index >= 15 is 0 Å². The van der Waals surface area contributed by atoms with Crippen LogP contribution in [0.25, 0.3) is 134 Å². The molecule has 0 aliphatic heterocycles. The van der Waals surface area contributed by atoms with Gasteiger partial charge in [-0.1, -0.05) is 212 Å². The summed E-state index contributed by atoms with van der Waals surface area (Å²) in [5.74, 6) is 1.18. The Balaban J connectivity index is 0.769. The number of nitrogens with one attached hydrogen (secondary N) is 2. The molecule has 2 N–H and O–H groups in total. The van der Waals surface area contributed by atoms with Crippen LogP contribution in [0.5, 0.6) is 0 Å².